The smallest absolute Gasteiger partial charge is 0.311 e. The molecule has 1 aromatic carbocycles. The van der Waals surface area contributed by atoms with Gasteiger partial charge in [0, 0.05) is 13.0 Å². The Hall–Kier alpha value is -1.86. The van der Waals surface area contributed by atoms with Gasteiger partial charge in [-0.15, -0.1) is 0 Å². The number of ether oxygens (including phenoxy) is 2. The van der Waals surface area contributed by atoms with E-state index in [2.05, 4.69) is 13.0 Å². The largest absolute Gasteiger partial charge is 0.427 e. The summed E-state index contributed by atoms with van der Waals surface area (Å²) in [5, 5.41) is 8.56. The third kappa shape index (κ3) is 5.37. The molecular weight excluding hydrogens is 290 g/mol. The van der Waals surface area contributed by atoms with Gasteiger partial charge in [0.1, 0.15) is 5.75 Å². The first-order valence-corrected chi connectivity index (χ1v) is 8.45. The minimum Gasteiger partial charge on any atom is -0.427 e. The third-order valence-corrected chi connectivity index (χ3v) is 4.71. The highest BCUT2D eigenvalue weighted by molar-refractivity contribution is 5.72. The monoisotopic (exact) mass is 315 g/mol. The molecule has 3 atom stereocenters. The van der Waals surface area contributed by atoms with Crippen LogP contribution >= 0.6 is 0 Å². The quantitative estimate of drug-likeness (QED) is 0.414. The van der Waals surface area contributed by atoms with Crippen LogP contribution in [0.2, 0.25) is 0 Å². The molecule has 0 N–H and O–H groups in total. The molecule has 0 saturated heterocycles. The van der Waals surface area contributed by atoms with Gasteiger partial charge in [0.05, 0.1) is 19.1 Å². The standard InChI is InChI=1S/C19H25NO3/c1-2-15-9-10-16(14-22-12-6-11-20)18(15)13-19(21)23-17-7-4-3-5-8-17/h3-5,7-8,15-16,18H,2,6,9-10,12-14H2,1H3. The Kier molecular flexibility index (Phi) is 7.09. The number of hydrogen-bond acceptors (Lipinski definition) is 4. The van der Waals surface area contributed by atoms with Crippen LogP contribution in [0, 0.1) is 29.1 Å². The van der Waals surface area contributed by atoms with E-state index in [1.54, 1.807) is 12.1 Å². The third-order valence-electron chi connectivity index (χ3n) is 4.71. The lowest BCUT2D eigenvalue weighted by molar-refractivity contribution is -0.136. The van der Waals surface area contributed by atoms with Crippen LogP contribution in [0.3, 0.4) is 0 Å². The van der Waals surface area contributed by atoms with Gasteiger partial charge in [-0.25, -0.2) is 0 Å². The predicted octanol–water partition coefficient (Wildman–Crippen LogP) is 3.96. The summed E-state index contributed by atoms with van der Waals surface area (Å²) < 4.78 is 11.0. The van der Waals surface area contributed by atoms with Crippen molar-refractivity contribution in [1.82, 2.24) is 0 Å². The number of nitrogens with zero attached hydrogens (tertiary/aromatic N) is 1. The van der Waals surface area contributed by atoms with Gasteiger partial charge < -0.3 is 9.47 Å². The van der Waals surface area contributed by atoms with Crippen molar-refractivity contribution in [2.45, 2.75) is 39.0 Å². The molecule has 4 nitrogen and oxygen atoms in total. The molecule has 1 saturated carbocycles. The van der Waals surface area contributed by atoms with Crippen LogP contribution in [0.1, 0.15) is 39.0 Å². The van der Waals surface area contributed by atoms with Crippen LogP contribution in [-0.4, -0.2) is 19.2 Å². The lowest BCUT2D eigenvalue weighted by atomic mass is 9.85. The molecular formula is C19H25NO3. The molecule has 0 aromatic heterocycles. The van der Waals surface area contributed by atoms with E-state index in [-0.39, 0.29) is 5.97 Å². The summed E-state index contributed by atoms with van der Waals surface area (Å²) in [5.74, 6) is 1.71. The number of carbonyl (C=O) groups is 1. The van der Waals surface area contributed by atoms with Gasteiger partial charge >= 0.3 is 5.97 Å². The molecule has 0 radical (unpaired) electrons. The van der Waals surface area contributed by atoms with E-state index >= 15 is 0 Å². The molecule has 0 amide bonds. The summed E-state index contributed by atoms with van der Waals surface area (Å²) in [6, 6.07) is 11.3. The molecule has 0 aliphatic heterocycles. The number of para-hydroxylation sites is 1. The highest BCUT2D eigenvalue weighted by atomic mass is 16.5. The molecule has 1 aliphatic carbocycles. The van der Waals surface area contributed by atoms with Crippen molar-refractivity contribution in [3.8, 4) is 11.8 Å². The number of rotatable bonds is 8. The van der Waals surface area contributed by atoms with Crippen LogP contribution in [-0.2, 0) is 9.53 Å². The molecule has 0 bridgehead atoms. The molecule has 1 fully saturated rings. The fourth-order valence-electron chi connectivity index (χ4n) is 3.49. The summed E-state index contributed by atoms with van der Waals surface area (Å²) in [4.78, 5) is 12.2. The zero-order valence-corrected chi connectivity index (χ0v) is 13.7. The summed E-state index contributed by atoms with van der Waals surface area (Å²) in [5.41, 5.74) is 0. The Morgan fingerprint density at radius 3 is 2.70 bits per heavy atom. The SMILES string of the molecule is CCC1CCC(COCCC#N)C1CC(=O)Oc1ccccc1. The van der Waals surface area contributed by atoms with E-state index in [1.165, 1.54) is 0 Å². The van der Waals surface area contributed by atoms with Gasteiger partial charge in [-0.3, -0.25) is 4.79 Å². The molecule has 2 rings (SSSR count). The molecule has 0 spiro atoms. The number of esters is 1. The average molecular weight is 315 g/mol. The van der Waals surface area contributed by atoms with Crippen molar-refractivity contribution in [3.05, 3.63) is 30.3 Å². The predicted molar refractivity (Wildman–Crippen MR) is 87.7 cm³/mol. The molecule has 1 aliphatic rings. The van der Waals surface area contributed by atoms with Crippen molar-refractivity contribution in [2.24, 2.45) is 17.8 Å². The fraction of sp³-hybridized carbons (Fsp3) is 0.579. The van der Waals surface area contributed by atoms with E-state index in [0.29, 0.717) is 49.6 Å². The van der Waals surface area contributed by atoms with Crippen molar-refractivity contribution in [1.29, 1.82) is 5.26 Å². The molecule has 0 heterocycles. The highest BCUT2D eigenvalue weighted by Gasteiger charge is 2.36. The van der Waals surface area contributed by atoms with Crippen molar-refractivity contribution in [2.75, 3.05) is 13.2 Å². The van der Waals surface area contributed by atoms with Gasteiger partial charge in [-0.05, 0) is 42.7 Å². The lowest BCUT2D eigenvalue weighted by Crippen LogP contribution is -2.24. The maximum Gasteiger partial charge on any atom is 0.311 e. The van der Waals surface area contributed by atoms with Crippen LogP contribution in [0.25, 0.3) is 0 Å². The van der Waals surface area contributed by atoms with Gasteiger partial charge in [0.25, 0.3) is 0 Å². The first kappa shape index (κ1) is 17.5. The number of nitriles is 1. The first-order valence-electron chi connectivity index (χ1n) is 8.45. The Labute approximate surface area is 138 Å². The normalized spacial score (nSPS) is 23.4. The summed E-state index contributed by atoms with van der Waals surface area (Å²) in [6.07, 6.45) is 4.18. The van der Waals surface area contributed by atoms with Crippen LogP contribution < -0.4 is 4.74 Å². The van der Waals surface area contributed by atoms with Gasteiger partial charge in [-0.2, -0.15) is 5.26 Å². The minimum atomic E-state index is -0.163. The van der Waals surface area contributed by atoms with Crippen molar-refractivity contribution < 1.29 is 14.3 Å². The minimum absolute atomic E-state index is 0.163. The first-order chi connectivity index (χ1) is 11.2. The van der Waals surface area contributed by atoms with Gasteiger partial charge in [0.2, 0.25) is 0 Å². The highest BCUT2D eigenvalue weighted by Crippen LogP contribution is 2.41. The maximum atomic E-state index is 12.2. The Balaban J connectivity index is 1.87. The van der Waals surface area contributed by atoms with E-state index in [4.69, 9.17) is 14.7 Å². The topological polar surface area (TPSA) is 59.3 Å². The second-order valence-corrected chi connectivity index (χ2v) is 6.14. The van der Waals surface area contributed by atoms with Crippen LogP contribution in [0.15, 0.2) is 30.3 Å². The van der Waals surface area contributed by atoms with Crippen molar-refractivity contribution >= 4 is 5.97 Å². The summed E-state index contributed by atoms with van der Waals surface area (Å²) >= 11 is 0. The zero-order chi connectivity index (χ0) is 16.5. The van der Waals surface area contributed by atoms with Gasteiger partial charge in [0.15, 0.2) is 0 Å². The Morgan fingerprint density at radius 2 is 2.00 bits per heavy atom. The lowest BCUT2D eigenvalue weighted by Gasteiger charge is -2.23. The molecule has 23 heavy (non-hydrogen) atoms. The van der Waals surface area contributed by atoms with Gasteiger partial charge in [-0.1, -0.05) is 31.5 Å². The van der Waals surface area contributed by atoms with Crippen LogP contribution in [0.4, 0.5) is 0 Å². The van der Waals surface area contributed by atoms with Crippen molar-refractivity contribution in [3.63, 3.8) is 0 Å². The van der Waals surface area contributed by atoms with E-state index in [1.807, 2.05) is 18.2 Å². The van der Waals surface area contributed by atoms with E-state index in [0.717, 1.165) is 19.3 Å². The van der Waals surface area contributed by atoms with E-state index in [9.17, 15) is 4.79 Å². The Morgan fingerprint density at radius 1 is 1.26 bits per heavy atom. The second kappa shape index (κ2) is 9.32. The summed E-state index contributed by atoms with van der Waals surface area (Å²) in [7, 11) is 0. The molecule has 124 valence electrons. The summed E-state index contributed by atoms with van der Waals surface area (Å²) in [6.45, 7) is 3.30. The molecule has 3 unspecified atom stereocenters. The molecule has 4 heteroatoms. The Bertz CT molecular complexity index is 523. The number of benzene rings is 1. The second-order valence-electron chi connectivity index (χ2n) is 6.14. The zero-order valence-electron chi connectivity index (χ0n) is 13.7. The van der Waals surface area contributed by atoms with Crippen LogP contribution in [0.5, 0.6) is 5.75 Å². The van der Waals surface area contributed by atoms with E-state index < -0.39 is 0 Å². The fourth-order valence-corrected chi connectivity index (χ4v) is 3.49. The number of carbonyl (C=O) groups excluding carboxylic acids is 1. The maximum absolute atomic E-state index is 12.2. The molecule has 1 aromatic rings. The average Bonchev–Trinajstić information content (AvgIpc) is 2.94. The number of hydrogen-bond donors (Lipinski definition) is 0.